The van der Waals surface area contributed by atoms with Gasteiger partial charge in [-0.1, -0.05) is 20.8 Å². The summed E-state index contributed by atoms with van der Waals surface area (Å²) >= 11 is 0. The van der Waals surface area contributed by atoms with Crippen LogP contribution in [0.1, 0.15) is 20.8 Å². The molecule has 2 saturated heterocycles. The lowest BCUT2D eigenvalue weighted by atomic mass is 9.83. The van der Waals surface area contributed by atoms with Crippen molar-refractivity contribution in [1.82, 2.24) is 4.90 Å². The minimum Gasteiger partial charge on any atom is -0.380 e. The molecular weight excluding hydrogens is 150 g/mol. The van der Waals surface area contributed by atoms with Gasteiger partial charge in [0.25, 0.3) is 0 Å². The summed E-state index contributed by atoms with van der Waals surface area (Å²) < 4.78 is 5.44. The first kappa shape index (κ1) is 10.0. The standard InChI is InChI=1S/C8H15NO.C2H6/c1-8-5-9(2)3-7(8)4-10-6-8;1-2/h7H,3-6H2,1-2H3;1-2H3/t7?,8-;/m1./s1. The zero-order valence-corrected chi connectivity index (χ0v) is 8.76. The lowest BCUT2D eigenvalue weighted by Crippen LogP contribution is -2.25. The first-order chi connectivity index (χ1) is 5.71. The van der Waals surface area contributed by atoms with Gasteiger partial charge in [-0.05, 0) is 7.05 Å². The highest BCUT2D eigenvalue weighted by molar-refractivity contribution is 4.95. The van der Waals surface area contributed by atoms with E-state index in [1.807, 2.05) is 13.8 Å². The molecule has 0 saturated carbocycles. The molecule has 2 heterocycles. The Hall–Kier alpha value is -0.0800. The molecule has 0 aromatic carbocycles. The van der Waals surface area contributed by atoms with Crippen molar-refractivity contribution in [3.05, 3.63) is 0 Å². The van der Waals surface area contributed by atoms with E-state index in [9.17, 15) is 0 Å². The van der Waals surface area contributed by atoms with Crippen LogP contribution in [0.5, 0.6) is 0 Å². The molecule has 12 heavy (non-hydrogen) atoms. The Morgan fingerprint density at radius 1 is 1.42 bits per heavy atom. The highest BCUT2D eigenvalue weighted by Gasteiger charge is 2.45. The maximum absolute atomic E-state index is 5.44. The summed E-state index contributed by atoms with van der Waals surface area (Å²) in [6, 6.07) is 0. The molecule has 0 spiro atoms. The summed E-state index contributed by atoms with van der Waals surface area (Å²) in [6.45, 7) is 10.8. The smallest absolute Gasteiger partial charge is 0.0536 e. The quantitative estimate of drug-likeness (QED) is 0.549. The molecule has 2 fully saturated rings. The zero-order chi connectivity index (χ0) is 9.19. The Morgan fingerprint density at radius 3 is 2.67 bits per heavy atom. The van der Waals surface area contributed by atoms with Gasteiger partial charge < -0.3 is 9.64 Å². The van der Waals surface area contributed by atoms with Gasteiger partial charge in [0.05, 0.1) is 13.2 Å². The minimum atomic E-state index is 0.481. The van der Waals surface area contributed by atoms with Crippen molar-refractivity contribution in [1.29, 1.82) is 0 Å². The third-order valence-electron chi connectivity index (χ3n) is 2.90. The van der Waals surface area contributed by atoms with Crippen LogP contribution in [0.2, 0.25) is 0 Å². The van der Waals surface area contributed by atoms with Crippen LogP contribution in [-0.2, 0) is 4.74 Å². The SMILES string of the molecule is CC.CN1CC2COC[C@@]2(C)C1. The molecule has 0 bridgehead atoms. The van der Waals surface area contributed by atoms with E-state index in [4.69, 9.17) is 4.74 Å². The molecule has 2 aliphatic heterocycles. The van der Waals surface area contributed by atoms with Gasteiger partial charge in [0.2, 0.25) is 0 Å². The second-order valence-electron chi connectivity index (χ2n) is 4.06. The Morgan fingerprint density at radius 2 is 2.08 bits per heavy atom. The fourth-order valence-corrected chi connectivity index (χ4v) is 2.26. The number of rotatable bonds is 0. The summed E-state index contributed by atoms with van der Waals surface area (Å²) in [5.41, 5.74) is 0.481. The third-order valence-corrected chi connectivity index (χ3v) is 2.90. The van der Waals surface area contributed by atoms with Crippen LogP contribution in [0.15, 0.2) is 0 Å². The van der Waals surface area contributed by atoms with E-state index in [2.05, 4.69) is 18.9 Å². The van der Waals surface area contributed by atoms with E-state index >= 15 is 0 Å². The normalized spacial score (nSPS) is 40.5. The summed E-state index contributed by atoms with van der Waals surface area (Å²) in [5.74, 6) is 0.803. The summed E-state index contributed by atoms with van der Waals surface area (Å²) in [4.78, 5) is 2.41. The van der Waals surface area contributed by atoms with Crippen molar-refractivity contribution in [3.8, 4) is 0 Å². The van der Waals surface area contributed by atoms with E-state index < -0.39 is 0 Å². The minimum absolute atomic E-state index is 0.481. The average molecular weight is 171 g/mol. The molecule has 2 rings (SSSR count). The van der Waals surface area contributed by atoms with Gasteiger partial charge >= 0.3 is 0 Å². The molecule has 2 heteroatoms. The van der Waals surface area contributed by atoms with Crippen LogP contribution in [0, 0.1) is 11.3 Å². The number of ether oxygens (including phenoxy) is 1. The number of nitrogens with zero attached hydrogens (tertiary/aromatic N) is 1. The predicted octanol–water partition coefficient (Wildman–Crippen LogP) is 1.61. The van der Waals surface area contributed by atoms with Crippen molar-refractivity contribution in [2.45, 2.75) is 20.8 Å². The maximum Gasteiger partial charge on any atom is 0.0536 e. The Kier molecular flexibility index (Phi) is 3.13. The molecule has 0 aromatic heterocycles. The van der Waals surface area contributed by atoms with Gasteiger partial charge in [-0.2, -0.15) is 0 Å². The average Bonchev–Trinajstić information content (AvgIpc) is 2.46. The first-order valence-corrected chi connectivity index (χ1v) is 4.97. The number of likely N-dealkylation sites (tertiary alicyclic amines) is 1. The van der Waals surface area contributed by atoms with Crippen molar-refractivity contribution < 1.29 is 4.74 Å². The lowest BCUT2D eigenvalue weighted by molar-refractivity contribution is 0.141. The van der Waals surface area contributed by atoms with Crippen molar-refractivity contribution in [3.63, 3.8) is 0 Å². The molecule has 0 N–H and O–H groups in total. The first-order valence-electron chi connectivity index (χ1n) is 4.97. The highest BCUT2D eigenvalue weighted by Crippen LogP contribution is 2.39. The van der Waals surface area contributed by atoms with E-state index in [0.29, 0.717) is 5.41 Å². The van der Waals surface area contributed by atoms with E-state index in [0.717, 1.165) is 19.1 Å². The van der Waals surface area contributed by atoms with Gasteiger partial charge in [0, 0.05) is 24.4 Å². The summed E-state index contributed by atoms with van der Waals surface area (Å²) in [6.07, 6.45) is 0. The molecule has 0 aromatic rings. The van der Waals surface area contributed by atoms with Crippen LogP contribution in [0.4, 0.5) is 0 Å². The van der Waals surface area contributed by atoms with Gasteiger partial charge in [0.1, 0.15) is 0 Å². The Balaban J connectivity index is 0.000000336. The van der Waals surface area contributed by atoms with Crippen molar-refractivity contribution >= 4 is 0 Å². The molecule has 0 radical (unpaired) electrons. The Labute approximate surface area is 75.9 Å². The van der Waals surface area contributed by atoms with Crippen LogP contribution in [0.25, 0.3) is 0 Å². The molecule has 72 valence electrons. The molecule has 0 aliphatic carbocycles. The van der Waals surface area contributed by atoms with Gasteiger partial charge in [0.15, 0.2) is 0 Å². The van der Waals surface area contributed by atoms with Crippen LogP contribution in [0.3, 0.4) is 0 Å². The zero-order valence-electron chi connectivity index (χ0n) is 8.76. The third kappa shape index (κ3) is 1.64. The molecule has 0 amide bonds. The number of hydrogen-bond donors (Lipinski definition) is 0. The molecule has 2 atom stereocenters. The van der Waals surface area contributed by atoms with Gasteiger partial charge in [-0.15, -0.1) is 0 Å². The van der Waals surface area contributed by atoms with Crippen LogP contribution < -0.4 is 0 Å². The largest absolute Gasteiger partial charge is 0.380 e. The predicted molar refractivity (Wildman–Crippen MR) is 51.3 cm³/mol. The van der Waals surface area contributed by atoms with E-state index in [-0.39, 0.29) is 0 Å². The van der Waals surface area contributed by atoms with E-state index in [1.165, 1.54) is 13.1 Å². The van der Waals surface area contributed by atoms with Gasteiger partial charge in [-0.3, -0.25) is 0 Å². The van der Waals surface area contributed by atoms with Crippen molar-refractivity contribution in [2.24, 2.45) is 11.3 Å². The number of hydrogen-bond acceptors (Lipinski definition) is 2. The highest BCUT2D eigenvalue weighted by atomic mass is 16.5. The fourth-order valence-electron chi connectivity index (χ4n) is 2.26. The van der Waals surface area contributed by atoms with E-state index in [1.54, 1.807) is 0 Å². The molecular formula is C10H21NO. The Bertz CT molecular complexity index is 149. The van der Waals surface area contributed by atoms with Crippen LogP contribution >= 0.6 is 0 Å². The fraction of sp³-hybridized carbons (Fsp3) is 1.00. The van der Waals surface area contributed by atoms with Crippen LogP contribution in [-0.4, -0.2) is 38.3 Å². The second-order valence-corrected chi connectivity index (χ2v) is 4.06. The molecule has 2 aliphatic rings. The summed E-state index contributed by atoms with van der Waals surface area (Å²) in [7, 11) is 2.20. The molecule has 2 nitrogen and oxygen atoms in total. The molecule has 1 unspecified atom stereocenters. The lowest BCUT2D eigenvalue weighted by Gasteiger charge is -2.19. The van der Waals surface area contributed by atoms with Gasteiger partial charge in [-0.25, -0.2) is 0 Å². The monoisotopic (exact) mass is 171 g/mol. The maximum atomic E-state index is 5.44. The topological polar surface area (TPSA) is 12.5 Å². The second kappa shape index (κ2) is 3.75. The summed E-state index contributed by atoms with van der Waals surface area (Å²) in [5, 5.41) is 0. The number of fused-ring (bicyclic) bond motifs is 1. The van der Waals surface area contributed by atoms with Crippen molar-refractivity contribution in [2.75, 3.05) is 33.4 Å².